The molecule has 0 saturated heterocycles. The molecule has 1 N–H and O–H groups in total. The zero-order chi connectivity index (χ0) is 15.2. The van der Waals surface area contributed by atoms with Crippen molar-refractivity contribution >= 4 is 11.6 Å². The third-order valence-corrected chi connectivity index (χ3v) is 4.05. The minimum absolute atomic E-state index is 0.292. The molecule has 0 aliphatic heterocycles. The smallest absolute Gasteiger partial charge is 0.144 e. The van der Waals surface area contributed by atoms with Crippen LogP contribution in [0.25, 0.3) is 0 Å². The highest BCUT2D eigenvalue weighted by Gasteiger charge is 2.19. The van der Waals surface area contributed by atoms with Crippen molar-refractivity contribution in [2.45, 2.75) is 33.1 Å². The topological polar surface area (TPSA) is 30.5 Å². The molecule has 0 heterocycles. The van der Waals surface area contributed by atoms with Gasteiger partial charge in [-0.3, -0.25) is 0 Å². The van der Waals surface area contributed by atoms with Crippen molar-refractivity contribution in [1.82, 2.24) is 5.32 Å². The van der Waals surface area contributed by atoms with E-state index in [2.05, 4.69) is 19.2 Å². The molecule has 0 amide bonds. The number of rotatable bonds is 8. The normalized spacial score (nSPS) is 11.5. The molecule has 0 saturated carbocycles. The summed E-state index contributed by atoms with van der Waals surface area (Å²) in [5, 5.41) is 3.76. The Labute approximate surface area is 127 Å². The van der Waals surface area contributed by atoms with Crippen LogP contribution in [-0.4, -0.2) is 27.8 Å². The first-order chi connectivity index (χ1) is 9.45. The Kier molecular flexibility index (Phi) is 6.63. The molecule has 114 valence electrons. The molecular weight excluding hydrogens is 274 g/mol. The summed E-state index contributed by atoms with van der Waals surface area (Å²) in [6.07, 6.45) is 3.19. The maximum absolute atomic E-state index is 6.29. The van der Waals surface area contributed by atoms with Gasteiger partial charge in [-0.05, 0) is 49.9 Å². The van der Waals surface area contributed by atoms with Crippen molar-refractivity contribution in [3.05, 3.63) is 22.7 Å². The van der Waals surface area contributed by atoms with Gasteiger partial charge in [-0.15, -0.1) is 0 Å². The van der Waals surface area contributed by atoms with Crippen molar-refractivity contribution < 1.29 is 9.47 Å². The van der Waals surface area contributed by atoms with Crippen LogP contribution < -0.4 is 14.8 Å². The highest BCUT2D eigenvalue weighted by molar-refractivity contribution is 6.33. The van der Waals surface area contributed by atoms with Gasteiger partial charge in [0, 0.05) is 0 Å². The number of hydrogen-bond acceptors (Lipinski definition) is 3. The molecular formula is C16H26ClNO2. The molecule has 1 aromatic rings. The molecule has 1 aromatic carbocycles. The molecule has 0 aromatic heterocycles. The van der Waals surface area contributed by atoms with Crippen LogP contribution in [0.15, 0.2) is 12.1 Å². The van der Waals surface area contributed by atoms with Gasteiger partial charge in [0.1, 0.15) is 16.5 Å². The fourth-order valence-electron chi connectivity index (χ4n) is 2.21. The Morgan fingerprint density at radius 2 is 1.85 bits per heavy atom. The standard InChI is InChI=1S/C16H26ClNO2/c1-16(2,10-11-18-3)9-8-12-6-7-13(19-4)14(17)15(12)20-5/h6-7,18H,8-11H2,1-5H3. The molecule has 0 aliphatic carbocycles. The van der Waals surface area contributed by atoms with E-state index in [0.29, 0.717) is 16.2 Å². The third kappa shape index (κ3) is 4.57. The van der Waals surface area contributed by atoms with Crippen LogP contribution in [0.3, 0.4) is 0 Å². The molecule has 0 spiro atoms. The number of nitrogens with one attached hydrogen (secondary N) is 1. The lowest BCUT2D eigenvalue weighted by molar-refractivity contribution is 0.303. The van der Waals surface area contributed by atoms with E-state index in [1.54, 1.807) is 14.2 Å². The van der Waals surface area contributed by atoms with Gasteiger partial charge in [0.25, 0.3) is 0 Å². The lowest BCUT2D eigenvalue weighted by Gasteiger charge is -2.25. The molecule has 0 unspecified atom stereocenters. The van der Waals surface area contributed by atoms with E-state index in [9.17, 15) is 0 Å². The Bertz CT molecular complexity index is 433. The van der Waals surface area contributed by atoms with Crippen LogP contribution in [0.1, 0.15) is 32.3 Å². The van der Waals surface area contributed by atoms with Crippen LogP contribution in [0.4, 0.5) is 0 Å². The van der Waals surface area contributed by atoms with Gasteiger partial charge in [-0.1, -0.05) is 31.5 Å². The van der Waals surface area contributed by atoms with Crippen LogP contribution in [0.2, 0.25) is 5.02 Å². The minimum Gasteiger partial charge on any atom is -0.495 e. The van der Waals surface area contributed by atoms with E-state index < -0.39 is 0 Å². The number of halogens is 1. The number of aryl methyl sites for hydroxylation is 1. The number of methoxy groups -OCH3 is 2. The van der Waals surface area contributed by atoms with Gasteiger partial charge in [-0.25, -0.2) is 0 Å². The van der Waals surface area contributed by atoms with E-state index in [0.717, 1.165) is 37.1 Å². The van der Waals surface area contributed by atoms with Gasteiger partial charge in [0.2, 0.25) is 0 Å². The number of hydrogen-bond donors (Lipinski definition) is 1. The number of ether oxygens (including phenoxy) is 2. The van der Waals surface area contributed by atoms with E-state index in [1.807, 2.05) is 19.2 Å². The summed E-state index contributed by atoms with van der Waals surface area (Å²) < 4.78 is 10.7. The first kappa shape index (κ1) is 17.1. The Balaban J connectivity index is 2.80. The molecule has 0 atom stereocenters. The maximum atomic E-state index is 6.29. The van der Waals surface area contributed by atoms with Crippen LogP contribution in [-0.2, 0) is 6.42 Å². The monoisotopic (exact) mass is 299 g/mol. The Morgan fingerprint density at radius 3 is 2.40 bits per heavy atom. The summed E-state index contributed by atoms with van der Waals surface area (Å²) in [5.41, 5.74) is 1.43. The van der Waals surface area contributed by atoms with E-state index >= 15 is 0 Å². The number of benzene rings is 1. The van der Waals surface area contributed by atoms with E-state index in [1.165, 1.54) is 0 Å². The average molecular weight is 300 g/mol. The highest BCUT2D eigenvalue weighted by Crippen LogP contribution is 2.38. The van der Waals surface area contributed by atoms with Gasteiger partial charge in [0.15, 0.2) is 0 Å². The highest BCUT2D eigenvalue weighted by atomic mass is 35.5. The first-order valence-corrected chi connectivity index (χ1v) is 7.37. The molecule has 0 bridgehead atoms. The van der Waals surface area contributed by atoms with Gasteiger partial charge in [0.05, 0.1) is 14.2 Å². The SMILES string of the molecule is CNCCC(C)(C)CCc1ccc(OC)c(Cl)c1OC. The molecule has 0 fully saturated rings. The molecule has 20 heavy (non-hydrogen) atoms. The summed E-state index contributed by atoms with van der Waals surface area (Å²) >= 11 is 6.29. The first-order valence-electron chi connectivity index (χ1n) is 6.99. The van der Waals surface area contributed by atoms with Crippen LogP contribution >= 0.6 is 11.6 Å². The van der Waals surface area contributed by atoms with Crippen molar-refractivity contribution in [2.75, 3.05) is 27.8 Å². The predicted molar refractivity (Wildman–Crippen MR) is 85.2 cm³/mol. The van der Waals surface area contributed by atoms with Gasteiger partial charge >= 0.3 is 0 Å². The summed E-state index contributed by atoms with van der Waals surface area (Å²) in [5.74, 6) is 1.39. The minimum atomic E-state index is 0.292. The zero-order valence-corrected chi connectivity index (χ0v) is 13.9. The average Bonchev–Trinajstić information content (AvgIpc) is 2.43. The quantitative estimate of drug-likeness (QED) is 0.789. The van der Waals surface area contributed by atoms with Gasteiger partial charge in [-0.2, -0.15) is 0 Å². The molecule has 0 aliphatic rings. The van der Waals surface area contributed by atoms with E-state index in [4.69, 9.17) is 21.1 Å². The van der Waals surface area contributed by atoms with Crippen molar-refractivity contribution in [2.24, 2.45) is 5.41 Å². The van der Waals surface area contributed by atoms with Crippen molar-refractivity contribution in [3.63, 3.8) is 0 Å². The molecule has 4 heteroatoms. The Morgan fingerprint density at radius 1 is 1.15 bits per heavy atom. The second-order valence-electron chi connectivity index (χ2n) is 5.79. The van der Waals surface area contributed by atoms with Crippen molar-refractivity contribution in [1.29, 1.82) is 0 Å². The predicted octanol–water partition coefficient (Wildman–Crippen LogP) is 3.93. The zero-order valence-electron chi connectivity index (χ0n) is 13.2. The summed E-state index contributed by atoms with van der Waals surface area (Å²) in [6.45, 7) is 5.62. The van der Waals surface area contributed by atoms with Crippen LogP contribution in [0.5, 0.6) is 11.5 Å². The molecule has 1 rings (SSSR count). The van der Waals surface area contributed by atoms with Crippen molar-refractivity contribution in [3.8, 4) is 11.5 Å². The summed E-state index contributed by atoms with van der Waals surface area (Å²) in [4.78, 5) is 0. The Hall–Kier alpha value is -0.930. The fraction of sp³-hybridized carbons (Fsp3) is 0.625. The maximum Gasteiger partial charge on any atom is 0.144 e. The second kappa shape index (κ2) is 7.75. The largest absolute Gasteiger partial charge is 0.495 e. The third-order valence-electron chi connectivity index (χ3n) is 3.69. The molecule has 0 radical (unpaired) electrons. The van der Waals surface area contributed by atoms with Crippen LogP contribution in [0, 0.1) is 5.41 Å². The lowest BCUT2D eigenvalue weighted by Crippen LogP contribution is -2.20. The van der Waals surface area contributed by atoms with Gasteiger partial charge < -0.3 is 14.8 Å². The van der Waals surface area contributed by atoms with E-state index in [-0.39, 0.29) is 0 Å². The summed E-state index contributed by atoms with van der Waals surface area (Å²) in [6, 6.07) is 3.94. The fourth-order valence-corrected chi connectivity index (χ4v) is 2.55. The lowest BCUT2D eigenvalue weighted by atomic mass is 9.83. The molecule has 3 nitrogen and oxygen atoms in total. The second-order valence-corrected chi connectivity index (χ2v) is 6.17. The summed E-state index contributed by atoms with van der Waals surface area (Å²) in [7, 11) is 5.25.